The van der Waals surface area contributed by atoms with Crippen molar-refractivity contribution in [1.29, 1.82) is 0 Å². The number of halogens is 1. The zero-order valence-corrected chi connectivity index (χ0v) is 18.8. The van der Waals surface area contributed by atoms with E-state index < -0.39 is 0 Å². The Morgan fingerprint density at radius 1 is 1.16 bits per heavy atom. The lowest BCUT2D eigenvalue weighted by Gasteiger charge is -2.28. The van der Waals surface area contributed by atoms with Gasteiger partial charge in [0.1, 0.15) is 28.1 Å². The molecule has 0 bridgehead atoms. The standard InChI is InChI=1S/C21H23ClN6O2S/c1-12-8-14(29)9-15(22)19(12)27-20(30)16-11-23-21(31-16)26-17-10-18(25-13(2)24-17)28-6-4-3-5-7-28/h8-11,29H,3-7H2,1-2H3,(H,27,30)(H,23,24,25,26). The van der Waals surface area contributed by atoms with Gasteiger partial charge in [0.05, 0.1) is 16.9 Å². The number of benzene rings is 1. The Kier molecular flexibility index (Phi) is 6.24. The van der Waals surface area contributed by atoms with Gasteiger partial charge in [-0.05, 0) is 44.7 Å². The van der Waals surface area contributed by atoms with Crippen LogP contribution in [0.1, 0.15) is 40.3 Å². The van der Waals surface area contributed by atoms with Crippen molar-refractivity contribution in [1.82, 2.24) is 15.0 Å². The molecule has 162 valence electrons. The molecular formula is C21H23ClN6O2S. The number of carbonyl (C=O) groups is 1. The van der Waals surface area contributed by atoms with E-state index in [-0.39, 0.29) is 16.7 Å². The highest BCUT2D eigenvalue weighted by molar-refractivity contribution is 7.17. The van der Waals surface area contributed by atoms with Crippen LogP contribution in [-0.2, 0) is 0 Å². The molecule has 0 atom stereocenters. The summed E-state index contributed by atoms with van der Waals surface area (Å²) in [6.07, 6.45) is 5.10. The molecule has 0 radical (unpaired) electrons. The summed E-state index contributed by atoms with van der Waals surface area (Å²) in [5.41, 5.74) is 1.13. The van der Waals surface area contributed by atoms with E-state index >= 15 is 0 Å². The average molecular weight is 459 g/mol. The van der Waals surface area contributed by atoms with Crippen LogP contribution >= 0.6 is 22.9 Å². The summed E-state index contributed by atoms with van der Waals surface area (Å²) in [6.45, 7) is 5.62. The third-order valence-corrected chi connectivity index (χ3v) is 6.19. The number of rotatable bonds is 5. The number of aromatic hydroxyl groups is 1. The van der Waals surface area contributed by atoms with Gasteiger partial charge in [-0.3, -0.25) is 4.79 Å². The van der Waals surface area contributed by atoms with Crippen LogP contribution in [0.5, 0.6) is 5.75 Å². The summed E-state index contributed by atoms with van der Waals surface area (Å²) in [6, 6.07) is 4.85. The molecule has 1 fully saturated rings. The van der Waals surface area contributed by atoms with Crippen molar-refractivity contribution >= 4 is 51.3 Å². The number of phenols is 1. The van der Waals surface area contributed by atoms with Crippen molar-refractivity contribution in [3.05, 3.63) is 45.7 Å². The molecule has 3 N–H and O–H groups in total. The van der Waals surface area contributed by atoms with Gasteiger partial charge >= 0.3 is 0 Å². The van der Waals surface area contributed by atoms with Crippen molar-refractivity contribution in [3.8, 4) is 5.75 Å². The lowest BCUT2D eigenvalue weighted by molar-refractivity contribution is 0.103. The van der Waals surface area contributed by atoms with Crippen molar-refractivity contribution in [2.75, 3.05) is 28.6 Å². The highest BCUT2D eigenvalue weighted by atomic mass is 35.5. The van der Waals surface area contributed by atoms with Gasteiger partial charge in [-0.25, -0.2) is 15.0 Å². The Labute approximate surface area is 189 Å². The summed E-state index contributed by atoms with van der Waals surface area (Å²) in [5, 5.41) is 16.4. The van der Waals surface area contributed by atoms with Gasteiger partial charge in [0.2, 0.25) is 0 Å². The lowest BCUT2D eigenvalue weighted by Crippen LogP contribution is -2.30. The molecule has 1 saturated heterocycles. The van der Waals surface area contributed by atoms with Crippen LogP contribution < -0.4 is 15.5 Å². The molecular weight excluding hydrogens is 436 g/mol. The molecule has 0 saturated carbocycles. The molecule has 1 aliphatic heterocycles. The van der Waals surface area contributed by atoms with Crippen LogP contribution in [0.15, 0.2) is 24.4 Å². The smallest absolute Gasteiger partial charge is 0.267 e. The Morgan fingerprint density at radius 2 is 1.94 bits per heavy atom. The highest BCUT2D eigenvalue weighted by Crippen LogP contribution is 2.31. The first kappa shape index (κ1) is 21.3. The van der Waals surface area contributed by atoms with Crippen molar-refractivity contribution in [2.45, 2.75) is 33.1 Å². The fourth-order valence-electron chi connectivity index (χ4n) is 3.51. The molecule has 2 aromatic heterocycles. The molecule has 31 heavy (non-hydrogen) atoms. The number of thiazole rings is 1. The molecule has 0 aliphatic carbocycles. The fraction of sp³-hybridized carbons (Fsp3) is 0.333. The number of piperidine rings is 1. The summed E-state index contributed by atoms with van der Waals surface area (Å²) >= 11 is 7.37. The molecule has 0 spiro atoms. The minimum absolute atomic E-state index is 0.0499. The zero-order valence-electron chi connectivity index (χ0n) is 17.3. The maximum Gasteiger partial charge on any atom is 0.267 e. The van der Waals surface area contributed by atoms with Crippen LogP contribution in [0.3, 0.4) is 0 Å². The number of hydrogen-bond donors (Lipinski definition) is 3. The van der Waals surface area contributed by atoms with Crippen LogP contribution in [-0.4, -0.2) is 39.1 Å². The summed E-state index contributed by atoms with van der Waals surface area (Å²) in [5.74, 6) is 1.95. The van der Waals surface area contributed by atoms with E-state index in [4.69, 9.17) is 11.6 Å². The zero-order chi connectivity index (χ0) is 22.0. The van der Waals surface area contributed by atoms with Gasteiger partial charge in [-0.2, -0.15) is 0 Å². The molecule has 1 amide bonds. The third kappa shape index (κ3) is 5.05. The minimum Gasteiger partial charge on any atom is -0.508 e. The first-order chi connectivity index (χ1) is 14.9. The van der Waals surface area contributed by atoms with E-state index in [0.717, 1.165) is 18.9 Å². The van der Waals surface area contributed by atoms with Crippen LogP contribution in [0.25, 0.3) is 0 Å². The fourth-order valence-corrected chi connectivity index (χ4v) is 4.53. The SMILES string of the molecule is Cc1nc(Nc2ncc(C(=O)Nc3c(C)cc(O)cc3Cl)s2)cc(N2CCCCC2)n1. The number of carbonyl (C=O) groups excluding carboxylic acids is 1. The second kappa shape index (κ2) is 9.07. The van der Waals surface area contributed by atoms with Gasteiger partial charge < -0.3 is 20.6 Å². The molecule has 0 unspecified atom stereocenters. The number of hydrogen-bond acceptors (Lipinski definition) is 8. The third-order valence-electron chi connectivity index (χ3n) is 4.98. The Hall–Kier alpha value is -2.91. The predicted molar refractivity (Wildman–Crippen MR) is 124 cm³/mol. The van der Waals surface area contributed by atoms with Crippen molar-refractivity contribution in [2.24, 2.45) is 0 Å². The quantitative estimate of drug-likeness (QED) is 0.467. The average Bonchev–Trinajstić information content (AvgIpc) is 3.19. The molecule has 3 aromatic rings. The van der Waals surface area contributed by atoms with E-state index in [1.807, 2.05) is 13.0 Å². The topological polar surface area (TPSA) is 103 Å². The molecule has 8 nitrogen and oxygen atoms in total. The van der Waals surface area contributed by atoms with Crippen LogP contribution in [0.2, 0.25) is 5.02 Å². The number of anilines is 4. The van der Waals surface area contributed by atoms with Gasteiger partial charge in [-0.15, -0.1) is 0 Å². The van der Waals surface area contributed by atoms with E-state index in [9.17, 15) is 9.90 Å². The van der Waals surface area contributed by atoms with Crippen molar-refractivity contribution in [3.63, 3.8) is 0 Å². The second-order valence-corrected chi connectivity index (χ2v) is 8.87. The summed E-state index contributed by atoms with van der Waals surface area (Å²) < 4.78 is 0. The van der Waals surface area contributed by atoms with Crippen molar-refractivity contribution < 1.29 is 9.90 Å². The maximum atomic E-state index is 12.7. The molecule has 10 heteroatoms. The number of aryl methyl sites for hydroxylation is 2. The molecule has 3 heterocycles. The number of nitrogens with zero attached hydrogens (tertiary/aromatic N) is 4. The normalized spacial score (nSPS) is 13.8. The summed E-state index contributed by atoms with van der Waals surface area (Å²) in [4.78, 5) is 28.7. The number of phenolic OH excluding ortho intramolecular Hbond substituents is 1. The second-order valence-electron chi connectivity index (χ2n) is 7.43. The highest BCUT2D eigenvalue weighted by Gasteiger charge is 2.17. The van der Waals surface area contributed by atoms with E-state index in [1.165, 1.54) is 42.9 Å². The Morgan fingerprint density at radius 3 is 2.68 bits per heavy atom. The van der Waals surface area contributed by atoms with Gasteiger partial charge in [-0.1, -0.05) is 22.9 Å². The minimum atomic E-state index is -0.325. The molecule has 1 aliphatic rings. The first-order valence-electron chi connectivity index (χ1n) is 10.0. The number of aromatic nitrogens is 3. The van der Waals surface area contributed by atoms with Gasteiger partial charge in [0, 0.05) is 25.2 Å². The largest absolute Gasteiger partial charge is 0.508 e. The number of nitrogens with one attached hydrogen (secondary N) is 2. The van der Waals surface area contributed by atoms with E-state index in [1.54, 1.807) is 13.0 Å². The Balaban J connectivity index is 1.48. The van der Waals surface area contributed by atoms with Gasteiger partial charge in [0.15, 0.2) is 5.13 Å². The summed E-state index contributed by atoms with van der Waals surface area (Å²) in [7, 11) is 0. The van der Waals surface area contributed by atoms with E-state index in [0.29, 0.717) is 32.9 Å². The van der Waals surface area contributed by atoms with Crippen LogP contribution in [0, 0.1) is 13.8 Å². The lowest BCUT2D eigenvalue weighted by atomic mass is 10.1. The van der Waals surface area contributed by atoms with E-state index in [2.05, 4.69) is 30.5 Å². The molecule has 1 aromatic carbocycles. The maximum absolute atomic E-state index is 12.7. The monoisotopic (exact) mass is 458 g/mol. The molecule has 4 rings (SSSR count). The van der Waals surface area contributed by atoms with Gasteiger partial charge in [0.25, 0.3) is 5.91 Å². The van der Waals surface area contributed by atoms with Crippen LogP contribution in [0.4, 0.5) is 22.5 Å². The Bertz CT molecular complexity index is 1090. The number of amides is 1. The predicted octanol–water partition coefficient (Wildman–Crippen LogP) is 4.90. The first-order valence-corrected chi connectivity index (χ1v) is 11.2.